The van der Waals surface area contributed by atoms with Gasteiger partial charge in [0.15, 0.2) is 0 Å². The maximum absolute atomic E-state index is 10.3. The van der Waals surface area contributed by atoms with E-state index in [-0.39, 0.29) is 12.8 Å². The molecule has 0 aromatic heterocycles. The molecule has 1 fully saturated rings. The van der Waals surface area contributed by atoms with E-state index in [2.05, 4.69) is 0 Å². The summed E-state index contributed by atoms with van der Waals surface area (Å²) in [5.74, 6) is -5.59. The maximum atomic E-state index is 10.3. The van der Waals surface area contributed by atoms with Crippen LogP contribution in [0.25, 0.3) is 0 Å². The fourth-order valence-electron chi connectivity index (χ4n) is 5.78. The molecule has 1 saturated carbocycles. The Morgan fingerprint density at radius 3 is 0.811 bits per heavy atom. The molecule has 0 radical (unpaired) electrons. The first-order valence-corrected chi connectivity index (χ1v) is 16.5. The van der Waals surface area contributed by atoms with E-state index in [0.29, 0.717) is 12.8 Å². The predicted octanol–water partition coefficient (Wildman–Crippen LogP) is 8.04. The highest BCUT2D eigenvalue weighted by Gasteiger charge is 2.51. The molecule has 1 atom stereocenters. The third-order valence-corrected chi connectivity index (χ3v) is 8.56. The number of rotatable bonds is 0. The van der Waals surface area contributed by atoms with Gasteiger partial charge in [-0.2, -0.15) is 0 Å². The molecular weight excluding hydrogens is 464 g/mol. The second-order valence-corrected chi connectivity index (χ2v) is 12.1. The minimum atomic E-state index is -2.90. The summed E-state index contributed by atoms with van der Waals surface area (Å²) in [7, 11) is 0. The van der Waals surface area contributed by atoms with E-state index in [1.54, 1.807) is 0 Å². The van der Waals surface area contributed by atoms with Crippen LogP contribution in [0.2, 0.25) is 0 Å². The van der Waals surface area contributed by atoms with Crippen molar-refractivity contribution in [2.75, 3.05) is 0 Å². The van der Waals surface area contributed by atoms with Gasteiger partial charge in [0.05, 0.1) is 0 Å². The lowest BCUT2D eigenvalue weighted by molar-refractivity contribution is -0.386. The van der Waals surface area contributed by atoms with Crippen molar-refractivity contribution in [3.05, 3.63) is 0 Å². The molecule has 0 bridgehead atoms. The predicted molar refractivity (Wildman–Crippen MR) is 154 cm³/mol. The molecule has 5 N–H and O–H groups in total. The van der Waals surface area contributed by atoms with Crippen LogP contribution in [0.15, 0.2) is 0 Å². The van der Waals surface area contributed by atoms with Gasteiger partial charge in [-0.05, 0) is 12.8 Å². The van der Waals surface area contributed by atoms with Gasteiger partial charge < -0.3 is 25.5 Å². The second-order valence-electron chi connectivity index (χ2n) is 12.1. The Morgan fingerprint density at radius 2 is 0.541 bits per heavy atom. The summed E-state index contributed by atoms with van der Waals surface area (Å²) in [6, 6.07) is 0. The maximum Gasteiger partial charge on any atom is 0.245 e. The Balaban J connectivity index is 2.31. The molecule has 5 nitrogen and oxygen atoms in total. The van der Waals surface area contributed by atoms with Gasteiger partial charge >= 0.3 is 0 Å². The van der Waals surface area contributed by atoms with E-state index >= 15 is 0 Å². The third-order valence-electron chi connectivity index (χ3n) is 8.56. The van der Waals surface area contributed by atoms with Crippen LogP contribution in [-0.2, 0) is 0 Å². The Hall–Kier alpha value is -0.200. The molecule has 222 valence electrons. The van der Waals surface area contributed by atoms with Crippen molar-refractivity contribution in [3.63, 3.8) is 0 Å². The average molecular weight is 529 g/mol. The van der Waals surface area contributed by atoms with E-state index in [4.69, 9.17) is 0 Å². The van der Waals surface area contributed by atoms with Crippen LogP contribution in [0, 0.1) is 0 Å². The van der Waals surface area contributed by atoms with E-state index in [1.165, 1.54) is 128 Å². The molecular formula is C32H64O5. The Morgan fingerprint density at radius 1 is 0.324 bits per heavy atom. The van der Waals surface area contributed by atoms with E-state index in [1.807, 2.05) is 0 Å². The number of aliphatic hydroxyl groups is 5. The topological polar surface area (TPSA) is 101 Å². The van der Waals surface area contributed by atoms with Crippen molar-refractivity contribution in [2.24, 2.45) is 0 Å². The number of aliphatic hydroxyl groups excluding tert-OH is 1. The van der Waals surface area contributed by atoms with Crippen molar-refractivity contribution < 1.29 is 25.5 Å². The highest BCUT2D eigenvalue weighted by Crippen LogP contribution is 2.29. The van der Waals surface area contributed by atoms with E-state index in [9.17, 15) is 25.5 Å². The normalized spacial score (nSPS) is 27.3. The molecule has 0 aliphatic heterocycles. The van der Waals surface area contributed by atoms with Crippen LogP contribution >= 0.6 is 0 Å². The molecule has 0 aromatic rings. The summed E-state index contributed by atoms with van der Waals surface area (Å²) in [5.41, 5.74) is 0. The highest BCUT2D eigenvalue weighted by molar-refractivity contribution is 4.88. The van der Waals surface area contributed by atoms with Crippen LogP contribution in [0.4, 0.5) is 0 Å². The van der Waals surface area contributed by atoms with Crippen molar-refractivity contribution in [1.82, 2.24) is 0 Å². The molecule has 37 heavy (non-hydrogen) atoms. The zero-order valence-corrected chi connectivity index (χ0v) is 24.3. The molecule has 1 aliphatic rings. The molecule has 1 aliphatic carbocycles. The van der Waals surface area contributed by atoms with Gasteiger partial charge in [-0.15, -0.1) is 0 Å². The SMILES string of the molecule is OC1CCCCCCCCCCCCCCCCCCCCCCCCCCCCCC(O)(O)C1(O)O. The Labute approximate surface area is 229 Å². The lowest BCUT2D eigenvalue weighted by atomic mass is 9.91. The Kier molecular flexibility index (Phi) is 21.3. The van der Waals surface area contributed by atoms with Gasteiger partial charge in [0.2, 0.25) is 11.6 Å². The van der Waals surface area contributed by atoms with Gasteiger partial charge in [0.1, 0.15) is 6.10 Å². The first-order valence-electron chi connectivity index (χ1n) is 16.5. The van der Waals surface area contributed by atoms with Crippen LogP contribution in [0.5, 0.6) is 0 Å². The number of hydrogen-bond acceptors (Lipinski definition) is 5. The summed E-state index contributed by atoms with van der Waals surface area (Å²) in [6.45, 7) is 0. The zero-order chi connectivity index (χ0) is 27.1. The molecule has 0 aromatic carbocycles. The molecule has 0 spiro atoms. The summed E-state index contributed by atoms with van der Waals surface area (Å²) in [4.78, 5) is 0. The minimum absolute atomic E-state index is 0.142. The van der Waals surface area contributed by atoms with Crippen LogP contribution in [0.1, 0.15) is 186 Å². The molecule has 0 saturated heterocycles. The van der Waals surface area contributed by atoms with Crippen molar-refractivity contribution in [1.29, 1.82) is 0 Å². The molecule has 0 amide bonds. The summed E-state index contributed by atoms with van der Waals surface area (Å²) in [5, 5.41) is 51.4. The standard InChI is InChI=1S/C32H64O5/c33-30-28-26-24-22-20-18-16-14-12-10-8-6-4-2-1-3-5-7-9-11-13-15-17-19-21-23-25-27-29-31(34,35)32(30,36)37/h30,33-37H,1-29H2. The zero-order valence-electron chi connectivity index (χ0n) is 24.3. The Bertz CT molecular complexity index is 494. The van der Waals surface area contributed by atoms with Crippen molar-refractivity contribution >= 4 is 0 Å². The van der Waals surface area contributed by atoms with Gasteiger partial charge in [0, 0.05) is 6.42 Å². The largest absolute Gasteiger partial charge is 0.387 e. The summed E-state index contributed by atoms with van der Waals surface area (Å²) >= 11 is 0. The van der Waals surface area contributed by atoms with Crippen molar-refractivity contribution in [3.8, 4) is 0 Å². The molecule has 5 heteroatoms. The summed E-state index contributed by atoms with van der Waals surface area (Å²) in [6.07, 6.45) is 31.5. The number of hydrogen-bond donors (Lipinski definition) is 5. The fourth-order valence-corrected chi connectivity index (χ4v) is 5.78. The molecule has 0 heterocycles. The van der Waals surface area contributed by atoms with E-state index in [0.717, 1.165) is 32.1 Å². The van der Waals surface area contributed by atoms with Gasteiger partial charge in [-0.3, -0.25) is 0 Å². The van der Waals surface area contributed by atoms with Gasteiger partial charge in [-0.1, -0.05) is 167 Å². The van der Waals surface area contributed by atoms with Crippen LogP contribution in [-0.4, -0.2) is 43.2 Å². The smallest absolute Gasteiger partial charge is 0.245 e. The lowest BCUT2D eigenvalue weighted by Gasteiger charge is -2.38. The van der Waals surface area contributed by atoms with E-state index < -0.39 is 17.7 Å². The minimum Gasteiger partial charge on any atom is -0.387 e. The van der Waals surface area contributed by atoms with Gasteiger partial charge in [0.25, 0.3) is 0 Å². The summed E-state index contributed by atoms with van der Waals surface area (Å²) < 4.78 is 0. The monoisotopic (exact) mass is 528 g/mol. The second kappa shape index (κ2) is 22.6. The van der Waals surface area contributed by atoms with Crippen LogP contribution in [0.3, 0.4) is 0 Å². The first-order chi connectivity index (χ1) is 17.9. The fraction of sp³-hybridized carbons (Fsp3) is 1.00. The van der Waals surface area contributed by atoms with Gasteiger partial charge in [-0.25, -0.2) is 0 Å². The lowest BCUT2D eigenvalue weighted by Crippen LogP contribution is -2.61. The molecule has 1 unspecified atom stereocenters. The quantitative estimate of drug-likeness (QED) is 0.205. The first kappa shape index (κ1) is 34.8. The van der Waals surface area contributed by atoms with Crippen molar-refractivity contribution in [2.45, 2.75) is 204 Å². The molecule has 1 rings (SSSR count). The van der Waals surface area contributed by atoms with Crippen LogP contribution < -0.4 is 0 Å². The third kappa shape index (κ3) is 17.9. The highest BCUT2D eigenvalue weighted by atomic mass is 16.6. The average Bonchev–Trinajstić information content (AvgIpc) is 2.86.